The lowest BCUT2D eigenvalue weighted by atomic mass is 10.1. The van der Waals surface area contributed by atoms with Crippen LogP contribution in [0.15, 0.2) is 6.07 Å². The standard InChI is InChI=1S/C12H15NO2S/c1-7-6-10(9(3)16-7)8(2)13-5-4-11(14)12(13)15/h6,8H,4-5H2,1-3H3. The highest BCUT2D eigenvalue weighted by Crippen LogP contribution is 2.31. The molecule has 1 unspecified atom stereocenters. The van der Waals surface area contributed by atoms with Crippen LogP contribution in [0.3, 0.4) is 0 Å². The van der Waals surface area contributed by atoms with E-state index >= 15 is 0 Å². The van der Waals surface area contributed by atoms with Gasteiger partial charge in [-0.05, 0) is 32.4 Å². The number of ketones is 1. The molecule has 1 aliphatic rings. The lowest BCUT2D eigenvalue weighted by molar-refractivity contribution is -0.141. The van der Waals surface area contributed by atoms with Crippen LogP contribution >= 0.6 is 11.3 Å². The van der Waals surface area contributed by atoms with Crippen molar-refractivity contribution in [3.8, 4) is 0 Å². The van der Waals surface area contributed by atoms with Crippen molar-refractivity contribution < 1.29 is 9.59 Å². The molecular weight excluding hydrogens is 222 g/mol. The Morgan fingerprint density at radius 2 is 2.06 bits per heavy atom. The van der Waals surface area contributed by atoms with Gasteiger partial charge in [0.2, 0.25) is 5.78 Å². The third-order valence-corrected chi connectivity index (χ3v) is 4.06. The molecule has 16 heavy (non-hydrogen) atoms. The second kappa shape index (κ2) is 4.01. The Kier molecular flexibility index (Phi) is 2.84. The van der Waals surface area contributed by atoms with E-state index < -0.39 is 0 Å². The molecule has 1 atom stereocenters. The van der Waals surface area contributed by atoms with Gasteiger partial charge in [-0.15, -0.1) is 11.3 Å². The summed E-state index contributed by atoms with van der Waals surface area (Å²) in [5.41, 5.74) is 1.17. The lowest BCUT2D eigenvalue weighted by Crippen LogP contribution is -2.30. The number of nitrogens with zero attached hydrogens (tertiary/aromatic N) is 1. The third-order valence-electron chi connectivity index (χ3n) is 3.08. The molecule has 1 aliphatic heterocycles. The van der Waals surface area contributed by atoms with Crippen molar-refractivity contribution in [3.05, 3.63) is 21.4 Å². The zero-order valence-corrected chi connectivity index (χ0v) is 10.6. The summed E-state index contributed by atoms with van der Waals surface area (Å²) in [6.07, 6.45) is 0.366. The first-order valence-electron chi connectivity index (χ1n) is 5.41. The number of amides is 1. The zero-order chi connectivity index (χ0) is 11.9. The van der Waals surface area contributed by atoms with Crippen molar-refractivity contribution in [1.29, 1.82) is 0 Å². The molecule has 4 heteroatoms. The maximum absolute atomic E-state index is 11.6. The van der Waals surface area contributed by atoms with Crippen molar-refractivity contribution in [2.45, 2.75) is 33.2 Å². The van der Waals surface area contributed by atoms with Crippen LogP contribution in [-0.2, 0) is 9.59 Å². The van der Waals surface area contributed by atoms with Crippen LogP contribution < -0.4 is 0 Å². The number of rotatable bonds is 2. The molecule has 3 nitrogen and oxygen atoms in total. The second-order valence-corrected chi connectivity index (χ2v) is 5.68. The number of hydrogen-bond donors (Lipinski definition) is 0. The number of carbonyl (C=O) groups excluding carboxylic acids is 2. The summed E-state index contributed by atoms with van der Waals surface area (Å²) in [6, 6.07) is 2.13. The molecule has 2 rings (SSSR count). The number of likely N-dealkylation sites (tertiary alicyclic amines) is 1. The molecule has 0 aliphatic carbocycles. The molecule has 0 N–H and O–H groups in total. The van der Waals surface area contributed by atoms with Crippen LogP contribution in [0.1, 0.15) is 34.7 Å². The van der Waals surface area contributed by atoms with Gasteiger partial charge in [-0.25, -0.2) is 0 Å². The number of hydrogen-bond acceptors (Lipinski definition) is 3. The van der Waals surface area contributed by atoms with Crippen molar-refractivity contribution in [3.63, 3.8) is 0 Å². The van der Waals surface area contributed by atoms with E-state index in [1.165, 1.54) is 15.3 Å². The number of Topliss-reactive ketones (excluding diaryl/α,β-unsaturated/α-hetero) is 1. The van der Waals surface area contributed by atoms with Gasteiger partial charge in [0.25, 0.3) is 5.91 Å². The number of thiophene rings is 1. The van der Waals surface area contributed by atoms with Gasteiger partial charge in [0.1, 0.15) is 0 Å². The summed E-state index contributed by atoms with van der Waals surface area (Å²) in [5.74, 6) is -0.577. The van der Waals surface area contributed by atoms with Crippen molar-refractivity contribution in [2.75, 3.05) is 6.54 Å². The molecule has 1 saturated heterocycles. The largest absolute Gasteiger partial charge is 0.329 e. The summed E-state index contributed by atoms with van der Waals surface area (Å²) in [5, 5.41) is 0. The topological polar surface area (TPSA) is 37.4 Å². The van der Waals surface area contributed by atoms with E-state index in [1.807, 2.05) is 6.92 Å². The Morgan fingerprint density at radius 3 is 2.50 bits per heavy atom. The van der Waals surface area contributed by atoms with E-state index in [0.29, 0.717) is 13.0 Å². The average Bonchev–Trinajstić information content (AvgIpc) is 2.71. The van der Waals surface area contributed by atoms with Gasteiger partial charge < -0.3 is 4.90 Å². The van der Waals surface area contributed by atoms with Gasteiger partial charge >= 0.3 is 0 Å². The van der Waals surface area contributed by atoms with E-state index in [2.05, 4.69) is 19.9 Å². The van der Waals surface area contributed by atoms with Gasteiger partial charge in [-0.2, -0.15) is 0 Å². The summed E-state index contributed by atoms with van der Waals surface area (Å²) >= 11 is 1.74. The van der Waals surface area contributed by atoms with Crippen molar-refractivity contribution in [2.24, 2.45) is 0 Å². The highest BCUT2D eigenvalue weighted by Gasteiger charge is 2.33. The highest BCUT2D eigenvalue weighted by molar-refractivity contribution is 7.12. The summed E-state index contributed by atoms with van der Waals surface area (Å²) < 4.78 is 0. The maximum Gasteiger partial charge on any atom is 0.290 e. The molecule has 1 aromatic rings. The molecule has 86 valence electrons. The van der Waals surface area contributed by atoms with E-state index in [0.717, 1.165) is 0 Å². The Balaban J connectivity index is 2.26. The predicted octanol–water partition coefficient (Wildman–Crippen LogP) is 2.23. The van der Waals surface area contributed by atoms with Crippen LogP contribution in [0, 0.1) is 13.8 Å². The molecule has 1 fully saturated rings. The Labute approximate surface area is 99.1 Å². The SMILES string of the molecule is Cc1cc(C(C)N2CCC(=O)C2=O)c(C)s1. The quantitative estimate of drug-likeness (QED) is 0.740. The van der Waals surface area contributed by atoms with E-state index in [9.17, 15) is 9.59 Å². The van der Waals surface area contributed by atoms with Crippen LogP contribution in [0.2, 0.25) is 0 Å². The third kappa shape index (κ3) is 1.78. The number of aryl methyl sites for hydroxylation is 2. The zero-order valence-electron chi connectivity index (χ0n) is 9.74. The average molecular weight is 237 g/mol. The predicted molar refractivity (Wildman–Crippen MR) is 63.5 cm³/mol. The first-order chi connectivity index (χ1) is 7.50. The maximum atomic E-state index is 11.6. The second-order valence-electron chi connectivity index (χ2n) is 4.22. The van der Waals surface area contributed by atoms with Gasteiger partial charge in [0, 0.05) is 22.7 Å². The van der Waals surface area contributed by atoms with E-state index in [-0.39, 0.29) is 17.7 Å². The van der Waals surface area contributed by atoms with Crippen LogP contribution in [0.25, 0.3) is 0 Å². The van der Waals surface area contributed by atoms with Crippen molar-refractivity contribution in [1.82, 2.24) is 4.90 Å². The molecule has 1 aromatic heterocycles. The minimum Gasteiger partial charge on any atom is -0.329 e. The molecule has 0 saturated carbocycles. The fourth-order valence-electron chi connectivity index (χ4n) is 2.19. The monoisotopic (exact) mass is 237 g/mol. The summed E-state index contributed by atoms with van der Waals surface area (Å²) in [6.45, 7) is 6.68. The molecule has 0 bridgehead atoms. The number of carbonyl (C=O) groups is 2. The van der Waals surface area contributed by atoms with E-state index in [1.54, 1.807) is 16.2 Å². The fraction of sp³-hybridized carbons (Fsp3) is 0.500. The van der Waals surface area contributed by atoms with Crippen LogP contribution in [0.5, 0.6) is 0 Å². The fourth-order valence-corrected chi connectivity index (χ4v) is 3.21. The van der Waals surface area contributed by atoms with Gasteiger partial charge in [-0.3, -0.25) is 9.59 Å². The first kappa shape index (κ1) is 11.3. The molecule has 0 spiro atoms. The minimum absolute atomic E-state index is 0.0175. The van der Waals surface area contributed by atoms with Crippen molar-refractivity contribution >= 4 is 23.0 Å². The smallest absolute Gasteiger partial charge is 0.290 e. The molecule has 1 amide bonds. The van der Waals surface area contributed by atoms with E-state index in [4.69, 9.17) is 0 Å². The van der Waals surface area contributed by atoms with Gasteiger partial charge in [0.05, 0.1) is 6.04 Å². The lowest BCUT2D eigenvalue weighted by Gasteiger charge is -2.23. The minimum atomic E-state index is -0.323. The molecular formula is C12H15NO2S. The van der Waals surface area contributed by atoms with Crippen LogP contribution in [0.4, 0.5) is 0 Å². The Hall–Kier alpha value is -1.16. The first-order valence-corrected chi connectivity index (χ1v) is 6.23. The highest BCUT2D eigenvalue weighted by atomic mass is 32.1. The van der Waals surface area contributed by atoms with Crippen LogP contribution in [-0.4, -0.2) is 23.1 Å². The summed E-state index contributed by atoms with van der Waals surface area (Å²) in [4.78, 5) is 27.0. The van der Waals surface area contributed by atoms with Gasteiger partial charge in [-0.1, -0.05) is 0 Å². The molecule has 0 aromatic carbocycles. The normalized spacial score (nSPS) is 18.3. The Morgan fingerprint density at radius 1 is 1.38 bits per heavy atom. The molecule has 0 radical (unpaired) electrons. The summed E-state index contributed by atoms with van der Waals surface area (Å²) in [7, 11) is 0. The van der Waals surface area contributed by atoms with Gasteiger partial charge in [0.15, 0.2) is 0 Å². The molecule has 2 heterocycles. The Bertz CT molecular complexity index is 450.